The smallest absolute Gasteiger partial charge is 0.309 e. The van der Waals surface area contributed by atoms with Gasteiger partial charge in [0.25, 0.3) is 11.1 Å². The van der Waals surface area contributed by atoms with E-state index in [4.69, 9.17) is 21.1 Å². The number of hydrogen-bond donors (Lipinski definition) is 1. The van der Waals surface area contributed by atoms with Crippen LogP contribution in [0.15, 0.2) is 72.8 Å². The third-order valence-electron chi connectivity index (χ3n) is 17.9. The number of aryl methyl sites for hydroxylation is 8. The molecule has 1 amide bonds. The van der Waals surface area contributed by atoms with Crippen molar-refractivity contribution in [3.63, 3.8) is 0 Å². The van der Waals surface area contributed by atoms with Crippen molar-refractivity contribution in [1.82, 2.24) is 40.2 Å². The maximum absolute atomic E-state index is 13.9. The maximum atomic E-state index is 13.9. The molecule has 2 aromatic heterocycles. The Hall–Kier alpha value is -7.55. The van der Waals surface area contributed by atoms with E-state index < -0.39 is 5.92 Å². The number of nitrogens with zero attached hydrogens (tertiary/aromatic N) is 7. The monoisotopic (exact) mass is 1160 g/mol. The van der Waals surface area contributed by atoms with Gasteiger partial charge in [0.2, 0.25) is 0 Å². The summed E-state index contributed by atoms with van der Waals surface area (Å²) in [6.07, 6.45) is 1.84. The Bertz CT molecular complexity index is 3750. The van der Waals surface area contributed by atoms with Crippen LogP contribution in [0.2, 0.25) is 0 Å². The first kappa shape index (κ1) is 64.0. The number of benzene rings is 6. The van der Waals surface area contributed by atoms with Gasteiger partial charge in [-0.15, -0.1) is 10.2 Å². The fourth-order valence-corrected chi connectivity index (χ4v) is 12.8. The first-order valence-corrected chi connectivity index (χ1v) is 29.3. The number of amides is 1. The number of aromatic nitrogens is 6. The van der Waals surface area contributed by atoms with Gasteiger partial charge in [0.1, 0.15) is 11.0 Å². The molecule has 0 radical (unpaired) electrons. The predicted molar refractivity (Wildman–Crippen MR) is 336 cm³/mol. The van der Waals surface area contributed by atoms with Crippen LogP contribution in [0, 0.1) is 81.1 Å². The molecule has 2 aliphatic rings. The highest BCUT2D eigenvalue weighted by atomic mass is 35.5. The summed E-state index contributed by atoms with van der Waals surface area (Å²) >= 11 is 5.52. The molecule has 0 fully saturated rings. The minimum atomic E-state index is -0.419. The van der Waals surface area contributed by atoms with Gasteiger partial charge in [-0.3, -0.25) is 19.2 Å². The van der Waals surface area contributed by atoms with Crippen LogP contribution < -0.4 is 5.32 Å². The van der Waals surface area contributed by atoms with Crippen LogP contribution in [-0.2, 0) is 58.1 Å². The van der Waals surface area contributed by atoms with Crippen LogP contribution in [0.4, 0.5) is 0 Å². The van der Waals surface area contributed by atoms with Crippen LogP contribution in [0.25, 0.3) is 22.1 Å². The minimum absolute atomic E-state index is 0. The molecule has 0 bridgehead atoms. The van der Waals surface area contributed by atoms with Gasteiger partial charge in [-0.05, 0) is 226 Å². The standard InChI is InChI=1S/C34H40N4O3.C23H28N4O2.C11H13ClO.CH4/c1-9-38-29-13-12-28(23(6)32(29)35-36-38)31(24(7)34(40)41-8)26-11-10-25-14-15-37(18-27(25)17-26)33(39)30-21(4)19(2)16-20(3)22(30)5;1-5-27-20-9-8-19(14(2)22(20)25-26-27)21(15(3)23(28)29-4)17-7-6-16-10-11-24-13-18(16)12-17;1-6-5-7(2)9(4)10(8(6)3)11(12)13;/h10-13,16-17,24,31H,9,14-15,18H2,1-8H3;6-9,12,15,21,24H,5,10-11,13H2,1-4H3;5H,1-4H3;1H4/t24-,31-;15-,21-;;/m00../s1. The van der Waals surface area contributed by atoms with E-state index in [9.17, 15) is 19.2 Å². The maximum Gasteiger partial charge on any atom is 0.309 e. The Labute approximate surface area is 501 Å². The number of esters is 2. The van der Waals surface area contributed by atoms with E-state index in [1.807, 2.05) is 82.6 Å². The molecule has 0 saturated carbocycles. The largest absolute Gasteiger partial charge is 0.469 e. The molecule has 6 aromatic carbocycles. The summed E-state index contributed by atoms with van der Waals surface area (Å²) in [4.78, 5) is 52.5. The van der Waals surface area contributed by atoms with Gasteiger partial charge in [0, 0.05) is 55.7 Å². The summed E-state index contributed by atoms with van der Waals surface area (Å²) in [6, 6.07) is 25.7. The van der Waals surface area contributed by atoms with E-state index in [-0.39, 0.29) is 48.3 Å². The SMILES string of the molecule is C.CCn1nnc2c(C)c([C@H](c3ccc4c(c3)CN(C(=O)c3c(C)c(C)cc(C)c3C)CC4)[C@H](C)C(=O)OC)ccc21.CCn1nnc2c(C)c([C@H](c3ccc4c(c3)CNCC4)[C@H](C)C(=O)OC)ccc21.Cc1cc(C)c(C)c(C(=O)Cl)c1C. The van der Waals surface area contributed by atoms with Gasteiger partial charge in [-0.2, -0.15) is 0 Å². The molecule has 4 heterocycles. The number of hydrogen-bond acceptors (Lipinski definition) is 11. The number of methoxy groups -OCH3 is 2. The molecular weight excluding hydrogens is 1070 g/mol. The average molecular weight is 1160 g/mol. The summed E-state index contributed by atoms with van der Waals surface area (Å²) < 4.78 is 14.1. The molecule has 0 aliphatic carbocycles. The number of ether oxygens (including phenoxy) is 2. The zero-order valence-corrected chi connectivity index (χ0v) is 52.1. The van der Waals surface area contributed by atoms with Crippen molar-refractivity contribution in [2.24, 2.45) is 11.8 Å². The van der Waals surface area contributed by atoms with Crippen molar-refractivity contribution in [2.45, 2.75) is 155 Å². The van der Waals surface area contributed by atoms with Crippen LogP contribution in [0.1, 0.15) is 168 Å². The van der Waals surface area contributed by atoms with Gasteiger partial charge in [0.15, 0.2) is 0 Å². The Kier molecular flexibility index (Phi) is 20.6. The second-order valence-electron chi connectivity index (χ2n) is 22.7. The Morgan fingerprint density at radius 2 is 0.988 bits per heavy atom. The van der Waals surface area contributed by atoms with E-state index in [0.29, 0.717) is 18.7 Å². The molecule has 444 valence electrons. The second kappa shape index (κ2) is 27.0. The molecule has 0 spiro atoms. The summed E-state index contributed by atoms with van der Waals surface area (Å²) in [5.74, 6) is -1.46. The molecule has 4 atom stereocenters. The molecule has 8 aromatic rings. The molecule has 10 rings (SSSR count). The lowest BCUT2D eigenvalue weighted by Crippen LogP contribution is -2.37. The number of fused-ring (bicyclic) bond motifs is 4. The quantitative estimate of drug-likeness (QED) is 0.0915. The van der Waals surface area contributed by atoms with Crippen molar-refractivity contribution < 1.29 is 28.7 Å². The molecular formula is C69H85ClN8O6. The van der Waals surface area contributed by atoms with Gasteiger partial charge in [-0.1, -0.05) is 92.4 Å². The Balaban J connectivity index is 0.000000204. The van der Waals surface area contributed by atoms with Crippen LogP contribution in [-0.4, -0.2) is 85.3 Å². The molecule has 1 N–H and O–H groups in total. The fraction of sp³-hybridized carbons (Fsp3) is 0.420. The van der Waals surface area contributed by atoms with E-state index in [1.54, 1.807) is 0 Å². The zero-order valence-electron chi connectivity index (χ0n) is 51.4. The highest BCUT2D eigenvalue weighted by molar-refractivity contribution is 6.68. The summed E-state index contributed by atoms with van der Waals surface area (Å²) in [6.45, 7) is 32.8. The third-order valence-corrected chi connectivity index (χ3v) is 18.1. The molecule has 0 saturated heterocycles. The zero-order chi connectivity index (χ0) is 60.3. The molecule has 0 unspecified atom stereocenters. The van der Waals surface area contributed by atoms with Crippen molar-refractivity contribution in [3.05, 3.63) is 184 Å². The van der Waals surface area contributed by atoms with E-state index in [2.05, 4.69) is 127 Å². The van der Waals surface area contributed by atoms with Crippen LogP contribution in [0.3, 0.4) is 0 Å². The first-order valence-electron chi connectivity index (χ1n) is 29.0. The highest BCUT2D eigenvalue weighted by Gasteiger charge is 2.34. The van der Waals surface area contributed by atoms with Gasteiger partial charge < -0.3 is 19.7 Å². The molecule has 2 aliphatic heterocycles. The van der Waals surface area contributed by atoms with Crippen molar-refractivity contribution in [2.75, 3.05) is 27.3 Å². The summed E-state index contributed by atoms with van der Waals surface area (Å²) in [5, 5.41) is 20.5. The third kappa shape index (κ3) is 12.6. The summed E-state index contributed by atoms with van der Waals surface area (Å²) in [7, 11) is 2.89. The number of nitrogens with one attached hydrogen (secondary N) is 1. The average Bonchev–Trinajstić information content (AvgIpc) is 2.75. The van der Waals surface area contributed by atoms with E-state index >= 15 is 0 Å². The lowest BCUT2D eigenvalue weighted by Gasteiger charge is -2.32. The van der Waals surface area contributed by atoms with Crippen LogP contribution >= 0.6 is 11.6 Å². The lowest BCUT2D eigenvalue weighted by atomic mass is 9.78. The molecule has 84 heavy (non-hydrogen) atoms. The van der Waals surface area contributed by atoms with Crippen molar-refractivity contribution in [1.29, 1.82) is 0 Å². The Morgan fingerprint density at radius 3 is 1.42 bits per heavy atom. The second-order valence-corrected chi connectivity index (χ2v) is 23.0. The highest BCUT2D eigenvalue weighted by Crippen LogP contribution is 2.40. The summed E-state index contributed by atoms with van der Waals surface area (Å²) in [5.41, 5.74) is 25.3. The number of rotatable bonds is 12. The van der Waals surface area contributed by atoms with E-state index in [0.717, 1.165) is 150 Å². The predicted octanol–water partition coefficient (Wildman–Crippen LogP) is 13.4. The number of halogens is 1. The van der Waals surface area contributed by atoms with Gasteiger partial charge in [-0.25, -0.2) is 9.36 Å². The van der Waals surface area contributed by atoms with Crippen molar-refractivity contribution >= 4 is 56.8 Å². The number of carbonyl (C=O) groups is 4. The van der Waals surface area contributed by atoms with E-state index in [1.165, 1.54) is 30.9 Å². The molecule has 15 heteroatoms. The van der Waals surface area contributed by atoms with Crippen LogP contribution in [0.5, 0.6) is 0 Å². The first-order chi connectivity index (χ1) is 39.6. The minimum Gasteiger partial charge on any atom is -0.469 e. The van der Waals surface area contributed by atoms with Gasteiger partial charge in [0.05, 0.1) is 37.1 Å². The van der Waals surface area contributed by atoms with Crippen molar-refractivity contribution in [3.8, 4) is 0 Å². The molecule has 14 nitrogen and oxygen atoms in total. The number of carbonyl (C=O) groups excluding carboxylic acids is 4. The lowest BCUT2D eigenvalue weighted by molar-refractivity contribution is -0.146. The Morgan fingerprint density at radius 1 is 0.560 bits per heavy atom. The fourth-order valence-electron chi connectivity index (χ4n) is 12.5. The normalized spacial score (nSPS) is 14.1. The van der Waals surface area contributed by atoms with Gasteiger partial charge >= 0.3 is 11.9 Å². The topological polar surface area (TPSA) is 163 Å².